The van der Waals surface area contributed by atoms with Gasteiger partial charge in [0.15, 0.2) is 0 Å². The quantitative estimate of drug-likeness (QED) is 0.843. The smallest absolute Gasteiger partial charge is 0.0221 e. The third-order valence-electron chi connectivity index (χ3n) is 5.20. The molecule has 19 heavy (non-hydrogen) atoms. The van der Waals surface area contributed by atoms with Gasteiger partial charge in [-0.05, 0) is 52.6 Å². The standard InChI is InChI=1S/C16H33N3/c1-5-14-12-19(15(6-2)11-17-14)16-7-9-18(10-8-16)13(3)4/h13-17H,5-12H2,1-4H3. The van der Waals surface area contributed by atoms with Gasteiger partial charge in [0, 0.05) is 37.3 Å². The molecule has 2 rings (SSSR count). The lowest BCUT2D eigenvalue weighted by atomic mass is 9.96. The van der Waals surface area contributed by atoms with Crippen LogP contribution >= 0.6 is 0 Å². The Morgan fingerprint density at radius 3 is 2.32 bits per heavy atom. The average Bonchev–Trinajstić information content (AvgIpc) is 2.46. The van der Waals surface area contributed by atoms with Gasteiger partial charge < -0.3 is 10.2 Å². The van der Waals surface area contributed by atoms with Crippen LogP contribution in [0.1, 0.15) is 53.4 Å². The van der Waals surface area contributed by atoms with Gasteiger partial charge in [0.05, 0.1) is 0 Å². The number of rotatable bonds is 4. The molecule has 3 nitrogen and oxygen atoms in total. The number of nitrogens with one attached hydrogen (secondary N) is 1. The first-order valence-corrected chi connectivity index (χ1v) is 8.38. The maximum atomic E-state index is 3.71. The molecule has 2 unspecified atom stereocenters. The van der Waals surface area contributed by atoms with Crippen molar-refractivity contribution < 1.29 is 0 Å². The fourth-order valence-corrected chi connectivity index (χ4v) is 3.72. The lowest BCUT2D eigenvalue weighted by Crippen LogP contribution is -2.60. The molecule has 0 radical (unpaired) electrons. The lowest BCUT2D eigenvalue weighted by Gasteiger charge is -2.47. The maximum Gasteiger partial charge on any atom is 0.0221 e. The van der Waals surface area contributed by atoms with Gasteiger partial charge in [-0.3, -0.25) is 4.90 Å². The molecule has 2 aliphatic rings. The summed E-state index contributed by atoms with van der Waals surface area (Å²) in [5, 5.41) is 3.71. The first-order chi connectivity index (χ1) is 9.15. The molecule has 2 aliphatic heterocycles. The van der Waals surface area contributed by atoms with Crippen LogP contribution in [0.2, 0.25) is 0 Å². The zero-order valence-electron chi connectivity index (χ0n) is 13.4. The van der Waals surface area contributed by atoms with Gasteiger partial charge in [-0.15, -0.1) is 0 Å². The minimum absolute atomic E-state index is 0.714. The van der Waals surface area contributed by atoms with E-state index in [0.717, 1.165) is 12.1 Å². The number of likely N-dealkylation sites (tertiary alicyclic amines) is 1. The van der Waals surface area contributed by atoms with E-state index >= 15 is 0 Å². The second-order valence-electron chi connectivity index (χ2n) is 6.63. The van der Waals surface area contributed by atoms with Crippen molar-refractivity contribution in [1.29, 1.82) is 0 Å². The molecule has 0 saturated carbocycles. The highest BCUT2D eigenvalue weighted by molar-refractivity contribution is 4.91. The van der Waals surface area contributed by atoms with Crippen molar-refractivity contribution in [2.75, 3.05) is 26.2 Å². The van der Waals surface area contributed by atoms with Crippen LogP contribution in [0.15, 0.2) is 0 Å². The third-order valence-corrected chi connectivity index (χ3v) is 5.20. The molecule has 112 valence electrons. The number of hydrogen-bond donors (Lipinski definition) is 1. The molecule has 2 heterocycles. The van der Waals surface area contributed by atoms with Crippen LogP contribution < -0.4 is 5.32 Å². The van der Waals surface area contributed by atoms with E-state index in [0.29, 0.717) is 12.1 Å². The van der Waals surface area contributed by atoms with Gasteiger partial charge in [-0.2, -0.15) is 0 Å². The summed E-state index contributed by atoms with van der Waals surface area (Å²) in [7, 11) is 0. The Hall–Kier alpha value is -0.120. The van der Waals surface area contributed by atoms with Crippen LogP contribution in [0.25, 0.3) is 0 Å². The van der Waals surface area contributed by atoms with Gasteiger partial charge in [0.2, 0.25) is 0 Å². The summed E-state index contributed by atoms with van der Waals surface area (Å²) in [6, 6.07) is 3.02. The van der Waals surface area contributed by atoms with Gasteiger partial charge in [0.1, 0.15) is 0 Å². The van der Waals surface area contributed by atoms with Crippen molar-refractivity contribution in [2.24, 2.45) is 0 Å². The SMILES string of the molecule is CCC1CN(C2CCN(C(C)C)CC2)C(CC)CN1. The van der Waals surface area contributed by atoms with Crippen LogP contribution in [-0.2, 0) is 0 Å². The van der Waals surface area contributed by atoms with Gasteiger partial charge in [-0.1, -0.05) is 13.8 Å². The zero-order valence-corrected chi connectivity index (χ0v) is 13.4. The Morgan fingerprint density at radius 2 is 1.79 bits per heavy atom. The Bertz CT molecular complexity index is 259. The molecular formula is C16H33N3. The van der Waals surface area contributed by atoms with Crippen molar-refractivity contribution >= 4 is 0 Å². The monoisotopic (exact) mass is 267 g/mol. The van der Waals surface area contributed by atoms with Crippen molar-refractivity contribution in [3.8, 4) is 0 Å². The topological polar surface area (TPSA) is 18.5 Å². The summed E-state index contributed by atoms with van der Waals surface area (Å²) in [5.74, 6) is 0. The summed E-state index contributed by atoms with van der Waals surface area (Å²) in [4.78, 5) is 5.47. The van der Waals surface area contributed by atoms with E-state index in [1.165, 1.54) is 51.9 Å². The Labute approximate surface area is 119 Å². The highest BCUT2D eigenvalue weighted by Crippen LogP contribution is 2.23. The fraction of sp³-hybridized carbons (Fsp3) is 1.00. The molecule has 0 spiro atoms. The van der Waals surface area contributed by atoms with E-state index in [-0.39, 0.29) is 0 Å². The van der Waals surface area contributed by atoms with Crippen molar-refractivity contribution in [2.45, 2.75) is 77.5 Å². The summed E-state index contributed by atoms with van der Waals surface area (Å²) < 4.78 is 0. The maximum absolute atomic E-state index is 3.71. The summed E-state index contributed by atoms with van der Waals surface area (Å²) in [6.07, 6.45) is 5.28. The number of piperidine rings is 1. The van der Waals surface area contributed by atoms with E-state index in [1.54, 1.807) is 0 Å². The highest BCUT2D eigenvalue weighted by Gasteiger charge is 2.33. The van der Waals surface area contributed by atoms with E-state index in [2.05, 4.69) is 42.8 Å². The number of piperazine rings is 1. The first kappa shape index (κ1) is 15.3. The molecule has 0 aromatic carbocycles. The normalized spacial score (nSPS) is 32.1. The molecule has 1 N–H and O–H groups in total. The summed E-state index contributed by atoms with van der Waals surface area (Å²) in [5.41, 5.74) is 0. The van der Waals surface area contributed by atoms with Gasteiger partial charge >= 0.3 is 0 Å². The molecule has 0 aromatic rings. The molecular weight excluding hydrogens is 234 g/mol. The van der Waals surface area contributed by atoms with Crippen molar-refractivity contribution in [3.63, 3.8) is 0 Å². The van der Waals surface area contributed by atoms with E-state index in [4.69, 9.17) is 0 Å². The largest absolute Gasteiger partial charge is 0.311 e. The van der Waals surface area contributed by atoms with Crippen LogP contribution in [0.5, 0.6) is 0 Å². The van der Waals surface area contributed by atoms with Crippen LogP contribution in [0, 0.1) is 0 Å². The molecule has 2 fully saturated rings. The first-order valence-electron chi connectivity index (χ1n) is 8.38. The molecule has 3 heteroatoms. The zero-order chi connectivity index (χ0) is 13.8. The predicted molar refractivity (Wildman–Crippen MR) is 82.6 cm³/mol. The minimum atomic E-state index is 0.714. The van der Waals surface area contributed by atoms with E-state index in [9.17, 15) is 0 Å². The number of hydrogen-bond acceptors (Lipinski definition) is 3. The molecule has 2 saturated heterocycles. The molecule has 0 aliphatic carbocycles. The van der Waals surface area contributed by atoms with Crippen LogP contribution in [0.4, 0.5) is 0 Å². The Morgan fingerprint density at radius 1 is 1.11 bits per heavy atom. The fourth-order valence-electron chi connectivity index (χ4n) is 3.72. The summed E-state index contributed by atoms with van der Waals surface area (Å²) in [6.45, 7) is 14.3. The Kier molecular flexibility index (Phi) is 5.67. The average molecular weight is 267 g/mol. The van der Waals surface area contributed by atoms with Crippen LogP contribution in [-0.4, -0.2) is 60.1 Å². The van der Waals surface area contributed by atoms with Crippen molar-refractivity contribution in [1.82, 2.24) is 15.1 Å². The van der Waals surface area contributed by atoms with Gasteiger partial charge in [0.25, 0.3) is 0 Å². The molecule has 0 aromatic heterocycles. The number of nitrogens with zero attached hydrogens (tertiary/aromatic N) is 2. The second-order valence-corrected chi connectivity index (χ2v) is 6.63. The molecule has 2 atom stereocenters. The minimum Gasteiger partial charge on any atom is -0.311 e. The van der Waals surface area contributed by atoms with Gasteiger partial charge in [-0.25, -0.2) is 0 Å². The van der Waals surface area contributed by atoms with Crippen LogP contribution in [0.3, 0.4) is 0 Å². The lowest BCUT2D eigenvalue weighted by molar-refractivity contribution is 0.0335. The second kappa shape index (κ2) is 7.05. The highest BCUT2D eigenvalue weighted by atomic mass is 15.3. The van der Waals surface area contributed by atoms with Crippen molar-refractivity contribution in [3.05, 3.63) is 0 Å². The summed E-state index contributed by atoms with van der Waals surface area (Å²) >= 11 is 0. The Balaban J connectivity index is 1.91. The van der Waals surface area contributed by atoms with E-state index < -0.39 is 0 Å². The van der Waals surface area contributed by atoms with E-state index in [1.807, 2.05) is 0 Å². The predicted octanol–water partition coefficient (Wildman–Crippen LogP) is 2.32. The molecule has 0 amide bonds. The molecule has 0 bridgehead atoms. The third kappa shape index (κ3) is 3.71.